The van der Waals surface area contributed by atoms with E-state index in [1.807, 2.05) is 0 Å². The zero-order valence-electron chi connectivity index (χ0n) is 22.8. The summed E-state index contributed by atoms with van der Waals surface area (Å²) < 4.78 is 5.99. The number of rotatable bonds is 12. The second kappa shape index (κ2) is 13.2. The molecule has 0 amide bonds. The van der Waals surface area contributed by atoms with Crippen molar-refractivity contribution in [2.75, 3.05) is 13.7 Å². The molecular weight excluding hydrogens is 452 g/mol. The monoisotopic (exact) mass is 492 g/mol. The standard InChI is InChI=1S/C34H40N2O/c1-5-29-20-13-21-30(6-2)34(29)32-23-33(37-4)31(26(3)35-32)25-36(24-28-17-11-8-12-18-28)22-14-19-27-15-9-7-10-16-27/h7-13,15-18,20-21,23H,5-6,14,19,22,24-25H2,1-4H3. The van der Waals surface area contributed by atoms with E-state index in [-0.39, 0.29) is 0 Å². The van der Waals surface area contributed by atoms with Crippen LogP contribution in [0.1, 0.15) is 53.8 Å². The molecule has 0 bridgehead atoms. The summed E-state index contributed by atoms with van der Waals surface area (Å²) in [7, 11) is 1.78. The molecule has 0 N–H and O–H groups in total. The maximum atomic E-state index is 5.99. The first kappa shape index (κ1) is 26.6. The summed E-state index contributed by atoms with van der Waals surface area (Å²) in [5.74, 6) is 0.927. The van der Waals surface area contributed by atoms with Crippen LogP contribution in [-0.2, 0) is 32.4 Å². The molecule has 3 nitrogen and oxygen atoms in total. The highest BCUT2D eigenvalue weighted by molar-refractivity contribution is 5.70. The lowest BCUT2D eigenvalue weighted by Crippen LogP contribution is -2.25. The predicted molar refractivity (Wildman–Crippen MR) is 155 cm³/mol. The second-order valence-electron chi connectivity index (χ2n) is 9.72. The van der Waals surface area contributed by atoms with Gasteiger partial charge in [-0.1, -0.05) is 92.7 Å². The fourth-order valence-electron chi connectivity index (χ4n) is 5.17. The van der Waals surface area contributed by atoms with Crippen LogP contribution in [0.2, 0.25) is 0 Å². The van der Waals surface area contributed by atoms with E-state index in [1.54, 1.807) is 7.11 Å². The summed E-state index contributed by atoms with van der Waals surface area (Å²) in [5, 5.41) is 0. The SMILES string of the molecule is CCc1cccc(CC)c1-c1cc(OC)c(CN(CCCc2ccccc2)Cc2ccccc2)c(C)n1. The Morgan fingerprint density at radius 3 is 1.97 bits per heavy atom. The molecule has 1 aromatic heterocycles. The summed E-state index contributed by atoms with van der Waals surface area (Å²) in [6.45, 7) is 9.28. The van der Waals surface area contributed by atoms with Gasteiger partial charge in [0.2, 0.25) is 0 Å². The van der Waals surface area contributed by atoms with Crippen LogP contribution >= 0.6 is 0 Å². The molecule has 0 atom stereocenters. The van der Waals surface area contributed by atoms with Crippen LogP contribution in [0, 0.1) is 6.92 Å². The van der Waals surface area contributed by atoms with Crippen molar-refractivity contribution in [3.63, 3.8) is 0 Å². The van der Waals surface area contributed by atoms with Crippen molar-refractivity contribution < 1.29 is 4.74 Å². The minimum Gasteiger partial charge on any atom is -0.496 e. The summed E-state index contributed by atoms with van der Waals surface area (Å²) in [5.41, 5.74) is 9.91. The number of pyridine rings is 1. The van der Waals surface area contributed by atoms with Gasteiger partial charge in [0.15, 0.2) is 0 Å². The Morgan fingerprint density at radius 1 is 0.757 bits per heavy atom. The fourth-order valence-corrected chi connectivity index (χ4v) is 5.17. The predicted octanol–water partition coefficient (Wildman–Crippen LogP) is 7.83. The van der Waals surface area contributed by atoms with Crippen molar-refractivity contribution in [3.05, 3.63) is 118 Å². The summed E-state index contributed by atoms with van der Waals surface area (Å²) >= 11 is 0. The highest BCUT2D eigenvalue weighted by Gasteiger charge is 2.18. The molecule has 0 aliphatic rings. The van der Waals surface area contributed by atoms with Gasteiger partial charge in [-0.3, -0.25) is 9.88 Å². The molecular formula is C34H40N2O. The highest BCUT2D eigenvalue weighted by Crippen LogP contribution is 2.33. The van der Waals surface area contributed by atoms with E-state index < -0.39 is 0 Å². The summed E-state index contributed by atoms with van der Waals surface area (Å²) in [6, 6.07) is 30.3. The first-order valence-electron chi connectivity index (χ1n) is 13.6. The van der Waals surface area contributed by atoms with Crippen molar-refractivity contribution in [2.45, 2.75) is 59.5 Å². The summed E-state index contributed by atoms with van der Waals surface area (Å²) in [6.07, 6.45) is 4.15. The number of hydrogen-bond donors (Lipinski definition) is 0. The molecule has 37 heavy (non-hydrogen) atoms. The molecule has 0 saturated heterocycles. The smallest absolute Gasteiger partial charge is 0.127 e. The number of benzene rings is 3. The lowest BCUT2D eigenvalue weighted by atomic mass is 9.94. The van der Waals surface area contributed by atoms with Crippen LogP contribution in [0.5, 0.6) is 5.75 Å². The van der Waals surface area contributed by atoms with Gasteiger partial charge in [0.05, 0.1) is 12.8 Å². The Kier molecular flexibility index (Phi) is 9.51. The van der Waals surface area contributed by atoms with Crippen LogP contribution in [-0.4, -0.2) is 23.5 Å². The van der Waals surface area contributed by atoms with Crippen LogP contribution in [0.25, 0.3) is 11.3 Å². The average Bonchev–Trinajstić information content (AvgIpc) is 2.94. The molecule has 1 heterocycles. The molecule has 3 aromatic carbocycles. The molecule has 4 rings (SSSR count). The van der Waals surface area contributed by atoms with Gasteiger partial charge in [-0.2, -0.15) is 0 Å². The minimum atomic E-state index is 0.808. The molecule has 0 spiro atoms. The Balaban J connectivity index is 1.62. The van der Waals surface area contributed by atoms with Crippen molar-refractivity contribution >= 4 is 0 Å². The number of aromatic nitrogens is 1. The van der Waals surface area contributed by atoms with E-state index in [2.05, 4.69) is 111 Å². The van der Waals surface area contributed by atoms with Crippen molar-refractivity contribution in [1.82, 2.24) is 9.88 Å². The van der Waals surface area contributed by atoms with E-state index in [4.69, 9.17) is 9.72 Å². The lowest BCUT2D eigenvalue weighted by Gasteiger charge is -2.25. The molecule has 0 fully saturated rings. The van der Waals surface area contributed by atoms with Crippen LogP contribution < -0.4 is 4.74 Å². The van der Waals surface area contributed by atoms with Gasteiger partial charge in [-0.05, 0) is 61.4 Å². The normalized spacial score (nSPS) is 11.2. The Hall–Kier alpha value is -3.43. The lowest BCUT2D eigenvalue weighted by molar-refractivity contribution is 0.248. The zero-order valence-corrected chi connectivity index (χ0v) is 22.8. The molecule has 0 saturated carbocycles. The first-order valence-corrected chi connectivity index (χ1v) is 13.6. The molecule has 0 radical (unpaired) electrons. The van der Waals surface area contributed by atoms with Gasteiger partial charge in [0.1, 0.15) is 5.75 Å². The van der Waals surface area contributed by atoms with Gasteiger partial charge in [-0.15, -0.1) is 0 Å². The second-order valence-corrected chi connectivity index (χ2v) is 9.72. The van der Waals surface area contributed by atoms with E-state index in [0.29, 0.717) is 0 Å². The summed E-state index contributed by atoms with van der Waals surface area (Å²) in [4.78, 5) is 7.68. The third kappa shape index (κ3) is 6.87. The minimum absolute atomic E-state index is 0.808. The van der Waals surface area contributed by atoms with Gasteiger partial charge in [0.25, 0.3) is 0 Å². The van der Waals surface area contributed by atoms with Crippen LogP contribution in [0.15, 0.2) is 84.9 Å². The maximum absolute atomic E-state index is 5.99. The maximum Gasteiger partial charge on any atom is 0.127 e. The van der Waals surface area contributed by atoms with E-state index in [1.165, 1.54) is 33.4 Å². The Bertz CT molecular complexity index is 1250. The third-order valence-electron chi connectivity index (χ3n) is 7.18. The highest BCUT2D eigenvalue weighted by atomic mass is 16.5. The molecule has 192 valence electrons. The quantitative estimate of drug-likeness (QED) is 0.201. The van der Waals surface area contributed by atoms with E-state index in [9.17, 15) is 0 Å². The van der Waals surface area contributed by atoms with Crippen molar-refractivity contribution in [2.24, 2.45) is 0 Å². The number of aryl methyl sites for hydroxylation is 4. The van der Waals surface area contributed by atoms with Gasteiger partial charge in [0, 0.05) is 36.0 Å². The van der Waals surface area contributed by atoms with Crippen molar-refractivity contribution in [1.29, 1.82) is 0 Å². The number of methoxy groups -OCH3 is 1. The number of ether oxygens (including phenoxy) is 1. The first-order chi connectivity index (χ1) is 18.1. The van der Waals surface area contributed by atoms with Crippen LogP contribution in [0.4, 0.5) is 0 Å². The zero-order chi connectivity index (χ0) is 26.0. The van der Waals surface area contributed by atoms with E-state index >= 15 is 0 Å². The van der Waals surface area contributed by atoms with E-state index in [0.717, 1.165) is 62.5 Å². The average molecular weight is 493 g/mol. The topological polar surface area (TPSA) is 25.4 Å². The molecule has 4 aromatic rings. The van der Waals surface area contributed by atoms with Crippen LogP contribution in [0.3, 0.4) is 0 Å². The third-order valence-corrected chi connectivity index (χ3v) is 7.18. The molecule has 0 aliphatic carbocycles. The Morgan fingerprint density at radius 2 is 1.38 bits per heavy atom. The van der Waals surface area contributed by atoms with Crippen molar-refractivity contribution in [3.8, 4) is 17.0 Å². The molecule has 0 aliphatic heterocycles. The Labute approximate surface area is 223 Å². The van der Waals surface area contributed by atoms with Gasteiger partial charge in [-0.25, -0.2) is 0 Å². The van der Waals surface area contributed by atoms with Gasteiger partial charge >= 0.3 is 0 Å². The molecule has 0 unspecified atom stereocenters. The largest absolute Gasteiger partial charge is 0.496 e. The fraction of sp³-hybridized carbons (Fsp3) is 0.324. The number of hydrogen-bond acceptors (Lipinski definition) is 3. The number of nitrogens with zero attached hydrogens (tertiary/aromatic N) is 2. The van der Waals surface area contributed by atoms with Gasteiger partial charge < -0.3 is 4.74 Å². The molecule has 3 heteroatoms.